The highest BCUT2D eigenvalue weighted by molar-refractivity contribution is 5.85. The molecular weight excluding hydrogens is 379 g/mol. The summed E-state index contributed by atoms with van der Waals surface area (Å²) in [6, 6.07) is 4.39. The zero-order valence-electron chi connectivity index (χ0n) is 14.7. The first-order valence-electron chi connectivity index (χ1n) is 8.04. The Balaban J connectivity index is 2.06. The maximum atomic E-state index is 13.6. The number of aromatic carboxylic acids is 1. The molecule has 3 rings (SSSR count). The average Bonchev–Trinajstić information content (AvgIpc) is 2.60. The number of H-pyrrole nitrogens is 1. The third-order valence-corrected chi connectivity index (χ3v) is 4.01. The van der Waals surface area contributed by atoms with E-state index in [9.17, 15) is 22.8 Å². The minimum Gasteiger partial charge on any atom is -0.484 e. The minimum atomic E-state index is -4.69. The van der Waals surface area contributed by atoms with Crippen molar-refractivity contribution in [3.63, 3.8) is 0 Å². The van der Waals surface area contributed by atoms with Gasteiger partial charge in [-0.3, -0.25) is 4.79 Å². The number of nitrogens with zero attached hydrogens (tertiary/aromatic N) is 2. The molecule has 0 aliphatic carbocycles. The van der Waals surface area contributed by atoms with Gasteiger partial charge in [0.25, 0.3) is 5.56 Å². The van der Waals surface area contributed by atoms with Crippen molar-refractivity contribution in [2.75, 3.05) is 0 Å². The molecule has 0 spiro atoms. The molecular formula is C18H14F3N3O4. The van der Waals surface area contributed by atoms with Gasteiger partial charge < -0.3 is 14.8 Å². The van der Waals surface area contributed by atoms with Crippen molar-refractivity contribution in [1.29, 1.82) is 0 Å². The van der Waals surface area contributed by atoms with Gasteiger partial charge in [-0.2, -0.15) is 13.2 Å². The van der Waals surface area contributed by atoms with Crippen LogP contribution in [-0.4, -0.2) is 26.0 Å². The van der Waals surface area contributed by atoms with Gasteiger partial charge in [-0.05, 0) is 38.1 Å². The summed E-state index contributed by atoms with van der Waals surface area (Å²) >= 11 is 0. The summed E-state index contributed by atoms with van der Waals surface area (Å²) in [6.07, 6.45) is -4.68. The number of aryl methyl sites for hydroxylation is 1. The van der Waals surface area contributed by atoms with E-state index in [4.69, 9.17) is 9.84 Å². The molecule has 0 bridgehead atoms. The number of rotatable bonds is 4. The lowest BCUT2D eigenvalue weighted by atomic mass is 10.00. The van der Waals surface area contributed by atoms with Crippen molar-refractivity contribution in [2.45, 2.75) is 26.1 Å². The molecule has 0 saturated carbocycles. The second-order valence-electron chi connectivity index (χ2n) is 6.05. The molecule has 2 N–H and O–H groups in total. The van der Waals surface area contributed by atoms with Crippen LogP contribution in [0, 0.1) is 6.92 Å². The van der Waals surface area contributed by atoms with E-state index in [2.05, 4.69) is 15.0 Å². The van der Waals surface area contributed by atoms with Crippen LogP contribution in [0.3, 0.4) is 0 Å². The molecule has 0 aliphatic heterocycles. The molecule has 0 radical (unpaired) electrons. The van der Waals surface area contributed by atoms with E-state index in [1.165, 1.54) is 26.0 Å². The molecule has 0 aliphatic rings. The summed E-state index contributed by atoms with van der Waals surface area (Å²) < 4.78 is 46.2. The number of pyridine rings is 1. The lowest BCUT2D eigenvalue weighted by Crippen LogP contribution is -2.17. The fourth-order valence-corrected chi connectivity index (χ4v) is 2.75. The van der Waals surface area contributed by atoms with Crippen molar-refractivity contribution >= 4 is 16.9 Å². The normalized spacial score (nSPS) is 12.8. The number of ether oxygens (including phenoxy) is 1. The summed E-state index contributed by atoms with van der Waals surface area (Å²) in [6.45, 7) is 2.86. The number of benzene rings is 1. The molecule has 2 heterocycles. The number of hydrogen-bond acceptors (Lipinski definition) is 5. The molecule has 1 atom stereocenters. The van der Waals surface area contributed by atoms with Crippen LogP contribution < -0.4 is 10.3 Å². The van der Waals surface area contributed by atoms with E-state index in [0.717, 1.165) is 18.3 Å². The Morgan fingerprint density at radius 2 is 2.00 bits per heavy atom. The van der Waals surface area contributed by atoms with Gasteiger partial charge in [0.2, 0.25) is 0 Å². The van der Waals surface area contributed by atoms with Crippen LogP contribution in [0.25, 0.3) is 10.9 Å². The maximum absolute atomic E-state index is 13.6. The van der Waals surface area contributed by atoms with Gasteiger partial charge in [0, 0.05) is 5.56 Å². The first-order valence-corrected chi connectivity index (χ1v) is 8.04. The number of nitrogens with one attached hydrogen (secondary N) is 1. The first-order chi connectivity index (χ1) is 13.1. The Labute approximate surface area is 155 Å². The van der Waals surface area contributed by atoms with Crippen LogP contribution in [0.2, 0.25) is 0 Å². The van der Waals surface area contributed by atoms with Crippen molar-refractivity contribution in [3.05, 3.63) is 63.5 Å². The predicted molar refractivity (Wildman–Crippen MR) is 92.3 cm³/mol. The number of fused-ring (bicyclic) bond motifs is 1. The Morgan fingerprint density at radius 3 is 2.57 bits per heavy atom. The fourth-order valence-electron chi connectivity index (χ4n) is 2.75. The van der Waals surface area contributed by atoms with Crippen molar-refractivity contribution in [1.82, 2.24) is 15.0 Å². The van der Waals surface area contributed by atoms with Crippen molar-refractivity contribution in [3.8, 4) is 5.75 Å². The van der Waals surface area contributed by atoms with Crippen LogP contribution in [0.4, 0.5) is 13.2 Å². The first kappa shape index (κ1) is 19.3. The molecule has 0 unspecified atom stereocenters. The van der Waals surface area contributed by atoms with Gasteiger partial charge in [-0.15, -0.1) is 0 Å². The number of aromatic nitrogens is 3. The smallest absolute Gasteiger partial charge is 0.416 e. The Bertz CT molecular complexity index is 1110. The third-order valence-electron chi connectivity index (χ3n) is 4.01. The van der Waals surface area contributed by atoms with E-state index < -0.39 is 29.4 Å². The molecule has 0 saturated heterocycles. The molecule has 1 aromatic carbocycles. The summed E-state index contributed by atoms with van der Waals surface area (Å²) in [5.41, 5.74) is -2.08. The van der Waals surface area contributed by atoms with E-state index in [-0.39, 0.29) is 33.7 Å². The number of halogens is 3. The number of carbonyl (C=O) groups is 1. The second-order valence-corrected chi connectivity index (χ2v) is 6.05. The van der Waals surface area contributed by atoms with E-state index in [1.807, 2.05) is 0 Å². The van der Waals surface area contributed by atoms with Gasteiger partial charge >= 0.3 is 12.1 Å². The maximum Gasteiger partial charge on any atom is 0.416 e. The molecule has 3 aromatic rings. The van der Waals surface area contributed by atoms with Crippen LogP contribution in [0.15, 0.2) is 35.3 Å². The number of aromatic amines is 1. The van der Waals surface area contributed by atoms with Gasteiger partial charge in [0.15, 0.2) is 0 Å². The Kier molecular flexibility index (Phi) is 4.80. The summed E-state index contributed by atoms with van der Waals surface area (Å²) in [4.78, 5) is 33.0. The monoisotopic (exact) mass is 393 g/mol. The highest BCUT2D eigenvalue weighted by Gasteiger charge is 2.36. The molecule has 10 heteroatoms. The Morgan fingerprint density at radius 1 is 1.29 bits per heavy atom. The average molecular weight is 393 g/mol. The van der Waals surface area contributed by atoms with E-state index in [0.29, 0.717) is 0 Å². The zero-order chi connectivity index (χ0) is 20.6. The van der Waals surface area contributed by atoms with Crippen LogP contribution in [-0.2, 0) is 6.18 Å². The number of alkyl halides is 3. The van der Waals surface area contributed by atoms with Gasteiger partial charge in [-0.1, -0.05) is 0 Å². The SMILES string of the molecule is Cc1nc2cc(C(F)(F)F)c([C@H](C)Oc3ccc(C(=O)O)nc3)cc2c(=O)[nH]1. The van der Waals surface area contributed by atoms with Crippen LogP contribution >= 0.6 is 0 Å². The highest BCUT2D eigenvalue weighted by atomic mass is 19.4. The van der Waals surface area contributed by atoms with Gasteiger partial charge in [-0.25, -0.2) is 14.8 Å². The lowest BCUT2D eigenvalue weighted by molar-refractivity contribution is -0.138. The molecule has 28 heavy (non-hydrogen) atoms. The number of carboxylic acids is 1. The summed E-state index contributed by atoms with van der Waals surface area (Å²) in [7, 11) is 0. The second kappa shape index (κ2) is 6.95. The molecule has 0 fully saturated rings. The predicted octanol–water partition coefficient (Wildman–Crippen LogP) is 3.48. The van der Waals surface area contributed by atoms with Gasteiger partial charge in [0.1, 0.15) is 23.4 Å². The van der Waals surface area contributed by atoms with Crippen LogP contribution in [0.1, 0.15) is 40.5 Å². The summed E-state index contributed by atoms with van der Waals surface area (Å²) in [5, 5.41) is 8.84. The van der Waals surface area contributed by atoms with E-state index >= 15 is 0 Å². The number of carboxylic acid groups (broad SMARTS) is 1. The zero-order valence-corrected chi connectivity index (χ0v) is 14.7. The van der Waals surface area contributed by atoms with Gasteiger partial charge in [0.05, 0.1) is 22.7 Å². The van der Waals surface area contributed by atoms with Crippen LogP contribution in [0.5, 0.6) is 5.75 Å². The third kappa shape index (κ3) is 3.80. The quantitative estimate of drug-likeness (QED) is 0.703. The lowest BCUT2D eigenvalue weighted by Gasteiger charge is -2.20. The standard InChI is InChI=1S/C18H14F3N3O4/c1-8(28-10-3-4-14(17(26)27)22-7-10)11-5-12-15(6-13(11)18(19,20)21)23-9(2)24-16(12)25/h3-8H,1-2H3,(H,26,27)(H,23,24,25)/t8-/m0/s1. The highest BCUT2D eigenvalue weighted by Crippen LogP contribution is 2.37. The Hall–Kier alpha value is -3.43. The fraction of sp³-hybridized carbons (Fsp3) is 0.222. The molecule has 0 amide bonds. The van der Waals surface area contributed by atoms with Crippen molar-refractivity contribution in [2.24, 2.45) is 0 Å². The largest absolute Gasteiger partial charge is 0.484 e. The molecule has 2 aromatic heterocycles. The topological polar surface area (TPSA) is 105 Å². The molecule has 146 valence electrons. The number of hydrogen-bond donors (Lipinski definition) is 2. The molecule has 7 nitrogen and oxygen atoms in total. The van der Waals surface area contributed by atoms with Crippen molar-refractivity contribution < 1.29 is 27.8 Å². The van der Waals surface area contributed by atoms with E-state index in [1.54, 1.807) is 0 Å². The minimum absolute atomic E-state index is 0.00315. The summed E-state index contributed by atoms with van der Waals surface area (Å²) in [5.74, 6) is -0.954.